The normalized spacial score (nSPS) is 17.9. The number of aryl methyl sites for hydroxylation is 1. The minimum Gasteiger partial charge on any atom is -0.458 e. The van der Waals surface area contributed by atoms with Crippen molar-refractivity contribution < 1.29 is 57.3 Å². The number of anilines is 1. The summed E-state index contributed by atoms with van der Waals surface area (Å²) in [6, 6.07) is 5.89. The molecule has 8 N–H and O–H groups in total. The predicted molar refractivity (Wildman–Crippen MR) is 269 cm³/mol. The molecule has 3 aliphatic heterocycles. The number of nitrogens with two attached hydrogens (primary N) is 1. The molecule has 2 aromatic carbocycles. The zero-order valence-electron chi connectivity index (χ0n) is 42.1. The van der Waals surface area contributed by atoms with E-state index in [-0.39, 0.29) is 93.3 Å². The van der Waals surface area contributed by atoms with Crippen molar-refractivity contribution in [2.24, 2.45) is 11.7 Å². The summed E-state index contributed by atoms with van der Waals surface area (Å²) >= 11 is 0. The summed E-state index contributed by atoms with van der Waals surface area (Å²) in [5.41, 5.74) is 7.42. The molecule has 0 radical (unpaired) electrons. The van der Waals surface area contributed by atoms with E-state index in [1.807, 2.05) is 0 Å². The van der Waals surface area contributed by atoms with Crippen molar-refractivity contribution in [1.82, 2.24) is 35.7 Å². The maximum absolute atomic E-state index is 15.4. The van der Waals surface area contributed by atoms with Gasteiger partial charge in [0.15, 0.2) is 5.60 Å². The highest BCUT2D eigenvalue weighted by molar-refractivity contribution is 6.12. The number of ether oxygens (including phenoxy) is 2. The summed E-state index contributed by atoms with van der Waals surface area (Å²) in [6.45, 7) is 6.74. The van der Waals surface area contributed by atoms with Gasteiger partial charge in [-0.15, -0.1) is 0 Å². The number of hydrogen-bond acceptors (Lipinski definition) is 13. The Hall–Kier alpha value is -8.01. The number of imide groups is 1. The number of benzene rings is 2. The molecule has 8 rings (SSSR count). The third kappa shape index (κ3) is 11.1. The van der Waals surface area contributed by atoms with Gasteiger partial charge in [0.05, 0.1) is 35.1 Å². The third-order valence-corrected chi connectivity index (χ3v) is 14.3. The van der Waals surface area contributed by atoms with E-state index in [0.29, 0.717) is 82.3 Å². The molecule has 2 aromatic heterocycles. The van der Waals surface area contributed by atoms with Crippen LogP contribution in [0.4, 0.5) is 19.7 Å². The van der Waals surface area contributed by atoms with Gasteiger partial charge in [-0.3, -0.25) is 33.7 Å². The number of alkyl carbamates (subject to hydrolysis) is 1. The first-order valence-corrected chi connectivity index (χ1v) is 25.1. The molecule has 0 fully saturated rings. The van der Waals surface area contributed by atoms with E-state index in [0.717, 1.165) is 10.5 Å². The fourth-order valence-electron chi connectivity index (χ4n) is 10.2. The van der Waals surface area contributed by atoms with Gasteiger partial charge in [-0.1, -0.05) is 39.3 Å². The maximum Gasteiger partial charge on any atom is 0.407 e. The number of unbranched alkanes of at least 4 members (excludes halogenated alkanes) is 2. The molecule has 21 nitrogen and oxygen atoms in total. The lowest BCUT2D eigenvalue weighted by Crippen LogP contribution is -2.54. The highest BCUT2D eigenvalue weighted by Gasteiger charge is 2.46. The van der Waals surface area contributed by atoms with Crippen molar-refractivity contribution in [3.05, 3.63) is 104 Å². The van der Waals surface area contributed by atoms with Crippen LogP contribution in [0.3, 0.4) is 0 Å². The molecule has 0 saturated heterocycles. The van der Waals surface area contributed by atoms with E-state index < -0.39 is 65.0 Å². The Labute approximate surface area is 430 Å². The van der Waals surface area contributed by atoms with Gasteiger partial charge in [0.1, 0.15) is 31.1 Å². The number of cyclic esters (lactones) is 1. The highest BCUT2D eigenvalue weighted by Crippen LogP contribution is 2.46. The number of hydrogen-bond donors (Lipinski definition) is 7. The van der Waals surface area contributed by atoms with Crippen LogP contribution in [0, 0.1) is 18.7 Å². The summed E-state index contributed by atoms with van der Waals surface area (Å²) in [5, 5.41) is 25.8. The van der Waals surface area contributed by atoms with E-state index in [4.69, 9.17) is 20.2 Å². The van der Waals surface area contributed by atoms with Crippen molar-refractivity contribution >= 4 is 64.2 Å². The monoisotopic (exact) mass is 1030 g/mol. The van der Waals surface area contributed by atoms with Crippen molar-refractivity contribution in [2.45, 2.75) is 129 Å². The number of carbonyl (C=O) groups excluding carboxylic acids is 8. The van der Waals surface area contributed by atoms with Crippen molar-refractivity contribution in [3.8, 4) is 11.4 Å². The van der Waals surface area contributed by atoms with Gasteiger partial charge in [-0.25, -0.2) is 23.8 Å². The highest BCUT2D eigenvalue weighted by atomic mass is 19.1. The molecule has 75 heavy (non-hydrogen) atoms. The second-order valence-electron chi connectivity index (χ2n) is 19.6. The Morgan fingerprint density at radius 1 is 0.960 bits per heavy atom. The largest absolute Gasteiger partial charge is 0.458 e. The van der Waals surface area contributed by atoms with Crippen LogP contribution in [0.2, 0.25) is 0 Å². The molecule has 5 heterocycles. The van der Waals surface area contributed by atoms with Crippen LogP contribution in [-0.2, 0) is 70.0 Å². The molecule has 0 saturated carbocycles. The zero-order chi connectivity index (χ0) is 53.9. The summed E-state index contributed by atoms with van der Waals surface area (Å²) in [5.74, 6) is -3.97. The fraction of sp³-hybridized carbons (Fsp3) is 0.434. The molecular weight excluding hydrogens is 974 g/mol. The number of halogens is 1. The molecule has 4 unspecified atom stereocenters. The number of pyridine rings is 2. The summed E-state index contributed by atoms with van der Waals surface area (Å²) in [4.78, 5) is 122. The predicted octanol–water partition coefficient (Wildman–Crippen LogP) is 3.94. The molecule has 4 aliphatic rings. The van der Waals surface area contributed by atoms with Gasteiger partial charge in [0, 0.05) is 59.9 Å². The Bertz CT molecular complexity index is 3080. The van der Waals surface area contributed by atoms with Crippen molar-refractivity contribution in [2.75, 3.05) is 18.4 Å². The average Bonchev–Trinajstić information content (AvgIpc) is 3.95. The van der Waals surface area contributed by atoms with Crippen LogP contribution in [0.5, 0.6) is 0 Å². The number of fused-ring (bicyclic) bond motifs is 5. The van der Waals surface area contributed by atoms with E-state index >= 15 is 4.39 Å². The number of aliphatic hydroxyl groups is 1. The third-order valence-electron chi connectivity index (χ3n) is 14.3. The van der Waals surface area contributed by atoms with Crippen molar-refractivity contribution in [1.29, 1.82) is 0 Å². The lowest BCUT2D eigenvalue weighted by molar-refractivity contribution is -0.172. The van der Waals surface area contributed by atoms with Gasteiger partial charge in [-0.2, -0.15) is 0 Å². The first kappa shape index (κ1) is 53.3. The van der Waals surface area contributed by atoms with Crippen LogP contribution in [0.25, 0.3) is 22.3 Å². The smallest absolute Gasteiger partial charge is 0.407 e. The van der Waals surface area contributed by atoms with Crippen LogP contribution in [-0.4, -0.2) is 92.4 Å². The molecule has 1 aliphatic carbocycles. The van der Waals surface area contributed by atoms with Crippen LogP contribution in [0.1, 0.15) is 117 Å². The Morgan fingerprint density at radius 2 is 1.69 bits per heavy atom. The minimum atomic E-state index is -2.05. The van der Waals surface area contributed by atoms with Gasteiger partial charge < -0.3 is 51.5 Å². The fourth-order valence-corrected chi connectivity index (χ4v) is 10.2. The first-order chi connectivity index (χ1) is 35.8. The van der Waals surface area contributed by atoms with E-state index in [1.54, 1.807) is 58.0 Å². The molecule has 4 aromatic rings. The van der Waals surface area contributed by atoms with Gasteiger partial charge >= 0.3 is 18.1 Å². The Kier molecular flexibility index (Phi) is 15.8. The number of nitrogens with zero attached hydrogens (tertiary/aromatic N) is 3. The van der Waals surface area contributed by atoms with Gasteiger partial charge in [-0.05, 0) is 98.2 Å². The van der Waals surface area contributed by atoms with E-state index in [1.165, 1.54) is 22.8 Å². The molecule has 4 atom stereocenters. The quantitative estimate of drug-likeness (QED) is 0.0331. The number of primary amides is 1. The molecular formula is C53H60FN9O12. The molecule has 22 heteroatoms. The average molecular weight is 1030 g/mol. The minimum absolute atomic E-state index is 0.0418. The topological polar surface area (TPSA) is 300 Å². The standard InChI is InChI=1S/C53H60FN9O12/c1-5-53(73)34-22-39-46-32(24-63(39)49(69)33(34)26-74-50(53)70)44-36(17-16-31-28(4)35(54)23-38(58-46)43(31)44)60-52(72)75-25-29-12-14-30(15-13-29)57-47(67)37(10-9-20-56-51(55)71)59-48(68)45(27(2)3)61-40(64)11-7-6-8-21-62-41(65)18-19-42(62)66/h12-15,18-19,22-23,27,36-37,45,73H,5-11,16-17,20-21,24-26H2,1-4H3,(H,57,67)(H,59,68)(H,60,72)(H,61,64)(H3,55,56,71). The Morgan fingerprint density at radius 3 is 2.39 bits per heavy atom. The summed E-state index contributed by atoms with van der Waals surface area (Å²) in [6.07, 6.45) is 4.40. The van der Waals surface area contributed by atoms with Gasteiger partial charge in [0.2, 0.25) is 17.7 Å². The summed E-state index contributed by atoms with van der Waals surface area (Å²) in [7, 11) is 0. The molecule has 396 valence electrons. The first-order valence-electron chi connectivity index (χ1n) is 25.1. The zero-order valence-corrected chi connectivity index (χ0v) is 42.1. The lowest BCUT2D eigenvalue weighted by Gasteiger charge is -2.31. The maximum atomic E-state index is 15.4. The SMILES string of the molecule is CCC1(O)C(=O)OCc2c1cc1n(c2=O)Cc2c-1nc1cc(F)c(C)c3c1c2C(NC(=O)OCc1ccc(NC(=O)C(CCCNC(N)=O)NC(=O)C(NC(=O)CCCCCN2C(=O)C=CC2=O)C(C)C)cc1)CC3. The van der Waals surface area contributed by atoms with Crippen LogP contribution >= 0.6 is 0 Å². The molecule has 0 bridgehead atoms. The van der Waals surface area contributed by atoms with E-state index in [2.05, 4.69) is 26.6 Å². The molecule has 8 amide bonds. The number of rotatable bonds is 20. The lowest BCUT2D eigenvalue weighted by atomic mass is 9.81. The number of aromatic nitrogens is 2. The summed E-state index contributed by atoms with van der Waals surface area (Å²) < 4.78 is 27.8. The molecule has 0 spiro atoms. The number of urea groups is 1. The van der Waals surface area contributed by atoms with Crippen LogP contribution < -0.4 is 37.9 Å². The second kappa shape index (κ2) is 22.2. The number of carbonyl (C=O) groups is 8. The second-order valence-corrected chi connectivity index (χ2v) is 19.6. The van der Waals surface area contributed by atoms with Gasteiger partial charge in [0.25, 0.3) is 17.4 Å². The number of amides is 8. The number of nitrogens with one attached hydrogen (secondary N) is 5. The van der Waals surface area contributed by atoms with Crippen molar-refractivity contribution in [3.63, 3.8) is 0 Å². The van der Waals surface area contributed by atoms with E-state index in [9.17, 15) is 48.3 Å². The Balaban J connectivity index is 0.902. The van der Waals surface area contributed by atoms with Crippen LogP contribution in [0.15, 0.2) is 53.3 Å². The number of esters is 1.